The van der Waals surface area contributed by atoms with Gasteiger partial charge in [-0.05, 0) is 224 Å². The number of carbonyl (C=O) groups excluding carboxylic acids is 2. The van der Waals surface area contributed by atoms with E-state index >= 15 is 0 Å². The minimum absolute atomic E-state index is 0.172. The number of fused-ring (bicyclic) bond motifs is 12. The number of hydrogen-bond acceptors (Lipinski definition) is 10. The van der Waals surface area contributed by atoms with Crippen LogP contribution in [0.2, 0.25) is 0 Å². The zero-order valence-corrected chi connectivity index (χ0v) is 65.2. The minimum atomic E-state index is 0.172. The van der Waals surface area contributed by atoms with Crippen LogP contribution in [0.25, 0.3) is 43.6 Å². The second kappa shape index (κ2) is 34.2. The van der Waals surface area contributed by atoms with E-state index in [0.29, 0.717) is 24.7 Å². The fraction of sp³-hybridized carbons (Fsp3) is 0.413. The predicted octanol–water partition coefficient (Wildman–Crippen LogP) is 18.0. The van der Waals surface area contributed by atoms with Gasteiger partial charge in [-0.1, -0.05) is 73.2 Å². The number of nitrogens with zero attached hydrogens (tertiary/aromatic N) is 12. The number of rotatable bonds is 20. The fourth-order valence-corrected chi connectivity index (χ4v) is 17.7. The summed E-state index contributed by atoms with van der Waals surface area (Å²) in [5.74, 6) is 1.90. The Morgan fingerprint density at radius 1 is 0.340 bits per heavy atom. The summed E-state index contributed by atoms with van der Waals surface area (Å²) in [5.41, 5.74) is 27.9. The summed E-state index contributed by atoms with van der Waals surface area (Å²) in [6.07, 6.45) is 25.4. The van der Waals surface area contributed by atoms with Crippen molar-refractivity contribution in [3.8, 4) is 0 Å². The average molecular weight is 1420 g/mol. The van der Waals surface area contributed by atoms with Crippen LogP contribution in [0.1, 0.15) is 179 Å². The highest BCUT2D eigenvalue weighted by molar-refractivity contribution is 5.89. The molecule has 14 nitrogen and oxygen atoms in total. The molecule has 4 aliphatic rings. The molecule has 14 heteroatoms. The van der Waals surface area contributed by atoms with Crippen molar-refractivity contribution in [2.24, 2.45) is 0 Å². The van der Waals surface area contributed by atoms with E-state index in [1.807, 2.05) is 73.8 Å². The zero-order chi connectivity index (χ0) is 74.1. The lowest BCUT2D eigenvalue weighted by molar-refractivity contribution is -0.118. The van der Waals surface area contributed by atoms with Gasteiger partial charge in [-0.15, -0.1) is 0 Å². The molecule has 552 valence electrons. The Hall–Kier alpha value is -9.18. The van der Waals surface area contributed by atoms with Crippen molar-refractivity contribution >= 4 is 55.2 Å². The summed E-state index contributed by atoms with van der Waals surface area (Å²) in [4.78, 5) is 50.3. The SMILES string of the molecule is CC(=O)CC(Cn1c2c(c3cc(C)ccc31)CN(C)CC2)c1ccncc1.CC(=O)CC(Cn1c2c(c3cc(C)ccc31)CN(C)CC2)c1ccncc1.CCCC(Cn1c2c(c3cc(C)ccc31)CN(C)CC2)c1ccncc1.CCCC(Cn1c2c(c3cc(C)ccc31)CN(C)CC2)c1ccncc1. The molecular formula is C92H112N12O2. The largest absolute Gasteiger partial charge is 0.344 e. The zero-order valence-electron chi connectivity index (χ0n) is 65.2. The van der Waals surface area contributed by atoms with Gasteiger partial charge in [-0.3, -0.25) is 19.9 Å². The standard InChI is InChI=1S/2C23H27N3O.2C23H29N3/c2*1-16-4-5-22-20(12-16)21-15-25(3)11-8-23(21)26(22)14-19(13-17(2)27)18-6-9-24-10-7-18;2*1-4-5-19(18-8-11-24-12-9-18)15-26-22-7-6-17(2)14-20(22)21-16-25(3)13-10-23(21)26/h2*4-7,9-10,12,19H,8,11,13-15H2,1-3H3;2*6-9,11-12,14,19H,4-5,10,13,15-16H2,1-3H3. The molecule has 0 fully saturated rings. The molecular weight excluding hydrogens is 1310 g/mol. The minimum Gasteiger partial charge on any atom is -0.344 e. The molecule has 16 rings (SSSR count). The van der Waals surface area contributed by atoms with Crippen LogP contribution in [-0.4, -0.2) is 124 Å². The van der Waals surface area contributed by atoms with Crippen molar-refractivity contribution < 1.29 is 9.59 Å². The molecule has 0 aliphatic carbocycles. The smallest absolute Gasteiger partial charge is 0.130 e. The van der Waals surface area contributed by atoms with Gasteiger partial charge in [-0.2, -0.15) is 0 Å². The first-order valence-electron chi connectivity index (χ1n) is 39.1. The second-order valence-electron chi connectivity index (χ2n) is 31.5. The first kappa shape index (κ1) is 75.1. The number of aryl methyl sites for hydroxylation is 4. The number of aromatic nitrogens is 8. The van der Waals surface area contributed by atoms with Crippen molar-refractivity contribution in [3.63, 3.8) is 0 Å². The molecule has 0 spiro atoms. The van der Waals surface area contributed by atoms with Crippen LogP contribution in [-0.2, 0) is 87.6 Å². The van der Waals surface area contributed by atoms with Crippen molar-refractivity contribution in [1.29, 1.82) is 0 Å². The lowest BCUT2D eigenvalue weighted by Crippen LogP contribution is -2.28. The molecule has 0 bridgehead atoms. The van der Waals surface area contributed by atoms with E-state index in [9.17, 15) is 9.59 Å². The molecule has 4 unspecified atom stereocenters. The van der Waals surface area contributed by atoms with Gasteiger partial charge in [-0.25, -0.2) is 0 Å². The van der Waals surface area contributed by atoms with Gasteiger partial charge in [0.15, 0.2) is 0 Å². The first-order chi connectivity index (χ1) is 51.4. The van der Waals surface area contributed by atoms with Crippen molar-refractivity contribution in [2.75, 3.05) is 54.4 Å². The Labute approximate surface area is 629 Å². The molecule has 0 saturated heterocycles. The van der Waals surface area contributed by atoms with E-state index in [1.54, 1.807) is 36.4 Å². The summed E-state index contributed by atoms with van der Waals surface area (Å²) in [6.45, 7) is 29.1. The summed E-state index contributed by atoms with van der Waals surface area (Å²) in [5, 5.41) is 5.65. The number of carbonyl (C=O) groups is 2. The lowest BCUT2D eigenvalue weighted by atomic mass is 9.94. The fourth-order valence-electron chi connectivity index (χ4n) is 17.7. The Morgan fingerprint density at radius 2 is 0.566 bits per heavy atom. The van der Waals surface area contributed by atoms with Crippen LogP contribution < -0.4 is 0 Å². The van der Waals surface area contributed by atoms with Crippen LogP contribution in [0.4, 0.5) is 0 Å². The number of hydrogen-bond donors (Lipinski definition) is 0. The Bertz CT molecular complexity index is 4680. The molecule has 4 aromatic carbocycles. The molecule has 0 saturated carbocycles. The molecule has 4 aliphatic heterocycles. The Morgan fingerprint density at radius 3 is 0.792 bits per heavy atom. The molecule has 0 amide bonds. The average Bonchev–Trinajstić information content (AvgIpc) is 1.63. The quantitative estimate of drug-likeness (QED) is 0.0730. The Balaban J connectivity index is 0.000000125. The van der Waals surface area contributed by atoms with Gasteiger partial charge in [0.05, 0.1) is 0 Å². The summed E-state index contributed by atoms with van der Waals surface area (Å²) >= 11 is 0. The predicted molar refractivity (Wildman–Crippen MR) is 435 cm³/mol. The van der Waals surface area contributed by atoms with Gasteiger partial charge in [0, 0.05) is 257 Å². The maximum absolute atomic E-state index is 12.0. The van der Waals surface area contributed by atoms with Gasteiger partial charge in [0.1, 0.15) is 11.6 Å². The van der Waals surface area contributed by atoms with E-state index in [1.165, 1.54) is 136 Å². The molecule has 12 heterocycles. The molecule has 0 N–H and O–H groups in total. The van der Waals surface area contributed by atoms with Crippen LogP contribution in [0, 0.1) is 27.7 Å². The van der Waals surface area contributed by atoms with Crippen molar-refractivity contribution in [2.45, 2.75) is 196 Å². The van der Waals surface area contributed by atoms with Crippen molar-refractivity contribution in [3.05, 3.63) is 260 Å². The second-order valence-corrected chi connectivity index (χ2v) is 31.5. The normalized spacial score (nSPS) is 15.8. The highest BCUT2D eigenvalue weighted by Crippen LogP contribution is 2.40. The van der Waals surface area contributed by atoms with Crippen LogP contribution >= 0.6 is 0 Å². The van der Waals surface area contributed by atoms with Gasteiger partial charge < -0.3 is 47.5 Å². The number of pyridine rings is 4. The monoisotopic (exact) mass is 1420 g/mol. The van der Waals surface area contributed by atoms with Crippen LogP contribution in [0.15, 0.2) is 171 Å². The third kappa shape index (κ3) is 17.1. The van der Waals surface area contributed by atoms with E-state index in [0.717, 1.165) is 104 Å². The van der Waals surface area contributed by atoms with E-state index < -0.39 is 0 Å². The molecule has 0 radical (unpaired) electrons. The third-order valence-corrected chi connectivity index (χ3v) is 23.1. The number of likely N-dealkylation sites (N-methyl/N-ethyl adjacent to an activating group) is 4. The van der Waals surface area contributed by atoms with E-state index in [4.69, 9.17) is 0 Å². The van der Waals surface area contributed by atoms with Gasteiger partial charge >= 0.3 is 0 Å². The van der Waals surface area contributed by atoms with E-state index in [2.05, 4.69) is 225 Å². The number of ketones is 2. The summed E-state index contributed by atoms with van der Waals surface area (Å²) in [6, 6.07) is 44.4. The lowest BCUT2D eigenvalue weighted by Gasteiger charge is -2.26. The number of Topliss-reactive ketones (excluding diaryl/α,β-unsaturated/α-hetero) is 2. The molecule has 8 aromatic heterocycles. The number of benzene rings is 4. The third-order valence-electron chi connectivity index (χ3n) is 23.1. The van der Waals surface area contributed by atoms with Crippen LogP contribution in [0.5, 0.6) is 0 Å². The van der Waals surface area contributed by atoms with Crippen LogP contribution in [0.3, 0.4) is 0 Å². The van der Waals surface area contributed by atoms with Crippen molar-refractivity contribution in [1.82, 2.24) is 57.8 Å². The summed E-state index contributed by atoms with van der Waals surface area (Å²) in [7, 11) is 8.85. The van der Waals surface area contributed by atoms with Gasteiger partial charge in [0.2, 0.25) is 0 Å². The maximum atomic E-state index is 12.0. The summed E-state index contributed by atoms with van der Waals surface area (Å²) < 4.78 is 10.2. The first-order valence-corrected chi connectivity index (χ1v) is 39.1. The maximum Gasteiger partial charge on any atom is 0.130 e. The topological polar surface area (TPSA) is 118 Å². The molecule has 4 atom stereocenters. The Kier molecular flexibility index (Phi) is 24.2. The highest BCUT2D eigenvalue weighted by atomic mass is 16.1. The molecule has 106 heavy (non-hydrogen) atoms. The van der Waals surface area contributed by atoms with E-state index in [-0.39, 0.29) is 23.4 Å². The van der Waals surface area contributed by atoms with Gasteiger partial charge in [0.25, 0.3) is 0 Å². The highest BCUT2D eigenvalue weighted by Gasteiger charge is 2.30. The molecule has 12 aromatic rings.